The normalized spacial score (nSPS) is 12.6. The number of aromatic nitrogens is 1. The van der Waals surface area contributed by atoms with Crippen molar-refractivity contribution in [1.82, 2.24) is 10.3 Å². The fraction of sp³-hybridized carbons (Fsp3) is 0.467. The van der Waals surface area contributed by atoms with Gasteiger partial charge in [-0.15, -0.1) is 11.3 Å². The van der Waals surface area contributed by atoms with Crippen LogP contribution in [-0.2, 0) is 0 Å². The van der Waals surface area contributed by atoms with E-state index >= 15 is 0 Å². The number of hydrogen-bond acceptors (Lipinski definition) is 5. The van der Waals surface area contributed by atoms with Crippen LogP contribution in [0, 0.1) is 12.8 Å². The zero-order chi connectivity index (χ0) is 15.4. The second-order valence-electron chi connectivity index (χ2n) is 5.48. The molecule has 114 valence electrons. The van der Waals surface area contributed by atoms with E-state index in [1.165, 1.54) is 11.3 Å². The van der Waals surface area contributed by atoms with E-state index in [9.17, 15) is 4.79 Å². The minimum Gasteiger partial charge on any atom is -0.459 e. The molecule has 0 aliphatic heterocycles. The third-order valence-corrected chi connectivity index (χ3v) is 3.92. The maximum atomic E-state index is 12.2. The van der Waals surface area contributed by atoms with E-state index in [1.54, 1.807) is 5.38 Å². The van der Waals surface area contributed by atoms with Crippen molar-refractivity contribution in [2.45, 2.75) is 33.2 Å². The molecule has 0 radical (unpaired) electrons. The number of rotatable bonds is 6. The number of aryl methyl sites for hydroxylation is 1. The third-order valence-electron chi connectivity index (χ3n) is 3.06. The number of carbonyl (C=O) groups is 1. The van der Waals surface area contributed by atoms with Crippen molar-refractivity contribution < 1.29 is 9.21 Å². The van der Waals surface area contributed by atoms with Gasteiger partial charge in [0.1, 0.15) is 11.5 Å². The molecular formula is C15H21N3O2S. The summed E-state index contributed by atoms with van der Waals surface area (Å²) < 4.78 is 5.51. The highest BCUT2D eigenvalue weighted by molar-refractivity contribution is 7.13. The van der Waals surface area contributed by atoms with E-state index < -0.39 is 0 Å². The molecule has 2 aromatic rings. The van der Waals surface area contributed by atoms with Gasteiger partial charge in [0.05, 0.1) is 0 Å². The standard InChI is InChI=1S/C15H21N3O2S/c1-9(2)6-11(7-16)17-14(19)12-8-21-15(18-12)13-5-4-10(3)20-13/h4-5,8-9,11H,6-7,16H2,1-3H3,(H,17,19). The second-order valence-corrected chi connectivity index (χ2v) is 6.34. The van der Waals surface area contributed by atoms with E-state index in [0.29, 0.717) is 28.9 Å². The molecule has 0 aliphatic carbocycles. The summed E-state index contributed by atoms with van der Waals surface area (Å²) in [5.74, 6) is 1.81. The van der Waals surface area contributed by atoms with Gasteiger partial charge in [0, 0.05) is 18.0 Å². The molecule has 3 N–H and O–H groups in total. The van der Waals surface area contributed by atoms with Gasteiger partial charge in [-0.2, -0.15) is 0 Å². The SMILES string of the molecule is Cc1ccc(-c2nc(C(=O)NC(CN)CC(C)C)cs2)o1. The highest BCUT2D eigenvalue weighted by atomic mass is 32.1. The number of furan rings is 1. The van der Waals surface area contributed by atoms with Crippen LogP contribution in [0.2, 0.25) is 0 Å². The minimum absolute atomic E-state index is 0.0199. The zero-order valence-corrected chi connectivity index (χ0v) is 13.4. The lowest BCUT2D eigenvalue weighted by Crippen LogP contribution is -2.41. The van der Waals surface area contributed by atoms with Gasteiger partial charge < -0.3 is 15.5 Å². The van der Waals surface area contributed by atoms with Crippen molar-refractivity contribution in [3.63, 3.8) is 0 Å². The number of hydrogen-bond donors (Lipinski definition) is 2. The molecule has 1 amide bonds. The van der Waals surface area contributed by atoms with Gasteiger partial charge in [0.15, 0.2) is 10.8 Å². The van der Waals surface area contributed by atoms with Crippen LogP contribution in [0.15, 0.2) is 21.9 Å². The van der Waals surface area contributed by atoms with Gasteiger partial charge >= 0.3 is 0 Å². The van der Waals surface area contributed by atoms with E-state index in [4.69, 9.17) is 10.2 Å². The summed E-state index contributed by atoms with van der Waals surface area (Å²) in [6, 6.07) is 3.72. The van der Waals surface area contributed by atoms with Gasteiger partial charge in [0.25, 0.3) is 5.91 Å². The van der Waals surface area contributed by atoms with E-state index in [-0.39, 0.29) is 11.9 Å². The Bertz CT molecular complexity index is 604. The molecule has 21 heavy (non-hydrogen) atoms. The van der Waals surface area contributed by atoms with Crippen molar-refractivity contribution >= 4 is 17.2 Å². The maximum absolute atomic E-state index is 12.2. The molecule has 0 bridgehead atoms. The average Bonchev–Trinajstić information content (AvgIpc) is 3.05. The third kappa shape index (κ3) is 4.15. The van der Waals surface area contributed by atoms with Gasteiger partial charge in [-0.25, -0.2) is 4.98 Å². The Morgan fingerprint density at radius 1 is 1.48 bits per heavy atom. The smallest absolute Gasteiger partial charge is 0.271 e. The zero-order valence-electron chi connectivity index (χ0n) is 12.6. The quantitative estimate of drug-likeness (QED) is 0.860. The van der Waals surface area contributed by atoms with Crippen molar-refractivity contribution in [1.29, 1.82) is 0 Å². The Morgan fingerprint density at radius 3 is 2.81 bits per heavy atom. The molecule has 0 fully saturated rings. The van der Waals surface area contributed by atoms with Crippen LogP contribution in [0.5, 0.6) is 0 Å². The molecule has 0 aliphatic rings. The number of nitrogens with two attached hydrogens (primary N) is 1. The van der Waals surface area contributed by atoms with Crippen LogP contribution in [0.4, 0.5) is 0 Å². The topological polar surface area (TPSA) is 81.2 Å². The average molecular weight is 307 g/mol. The van der Waals surface area contributed by atoms with Crippen LogP contribution < -0.4 is 11.1 Å². The van der Waals surface area contributed by atoms with Crippen LogP contribution >= 0.6 is 11.3 Å². The molecule has 0 spiro atoms. The molecule has 0 saturated heterocycles. The molecule has 1 atom stereocenters. The van der Waals surface area contributed by atoms with Gasteiger partial charge in [-0.3, -0.25) is 4.79 Å². The number of nitrogens with zero attached hydrogens (tertiary/aromatic N) is 1. The minimum atomic E-state index is -0.183. The first-order valence-electron chi connectivity index (χ1n) is 7.03. The first-order valence-corrected chi connectivity index (χ1v) is 7.90. The molecule has 0 saturated carbocycles. The second kappa shape index (κ2) is 6.87. The number of nitrogens with one attached hydrogen (secondary N) is 1. The molecule has 2 heterocycles. The van der Waals surface area contributed by atoms with Crippen LogP contribution in [0.1, 0.15) is 36.5 Å². The Kier molecular flexibility index (Phi) is 5.14. The summed E-state index contributed by atoms with van der Waals surface area (Å²) in [6.07, 6.45) is 0.858. The van der Waals surface area contributed by atoms with E-state index in [0.717, 1.165) is 12.2 Å². The van der Waals surface area contributed by atoms with Crippen molar-refractivity contribution in [3.05, 3.63) is 29.0 Å². The Hall–Kier alpha value is -1.66. The number of carbonyl (C=O) groups excluding carboxylic acids is 1. The molecule has 0 aromatic carbocycles. The molecule has 2 aromatic heterocycles. The Morgan fingerprint density at radius 2 is 2.24 bits per heavy atom. The molecule has 5 nitrogen and oxygen atoms in total. The lowest BCUT2D eigenvalue weighted by Gasteiger charge is -2.18. The molecule has 2 rings (SSSR count). The monoisotopic (exact) mass is 307 g/mol. The summed E-state index contributed by atoms with van der Waals surface area (Å²) in [7, 11) is 0. The van der Waals surface area contributed by atoms with Crippen LogP contribution in [0.25, 0.3) is 10.8 Å². The predicted octanol–water partition coefficient (Wildman–Crippen LogP) is 2.81. The molecule has 1 unspecified atom stereocenters. The van der Waals surface area contributed by atoms with Gasteiger partial charge in [0.2, 0.25) is 0 Å². The summed E-state index contributed by atoms with van der Waals surface area (Å²) in [5.41, 5.74) is 6.11. The predicted molar refractivity (Wildman–Crippen MR) is 84.3 cm³/mol. The highest BCUT2D eigenvalue weighted by Crippen LogP contribution is 2.25. The largest absolute Gasteiger partial charge is 0.459 e. The van der Waals surface area contributed by atoms with Crippen LogP contribution in [-0.4, -0.2) is 23.5 Å². The summed E-state index contributed by atoms with van der Waals surface area (Å²) in [4.78, 5) is 16.5. The van der Waals surface area contributed by atoms with Gasteiger partial charge in [-0.1, -0.05) is 13.8 Å². The molecule has 6 heteroatoms. The first-order chi connectivity index (χ1) is 9.99. The first kappa shape index (κ1) is 15.7. The van der Waals surface area contributed by atoms with E-state index in [1.807, 2.05) is 19.1 Å². The number of amides is 1. The Balaban J connectivity index is 2.05. The molecular weight excluding hydrogens is 286 g/mol. The maximum Gasteiger partial charge on any atom is 0.271 e. The van der Waals surface area contributed by atoms with Crippen molar-refractivity contribution in [2.75, 3.05) is 6.54 Å². The lowest BCUT2D eigenvalue weighted by atomic mass is 10.0. The van der Waals surface area contributed by atoms with Gasteiger partial charge in [-0.05, 0) is 31.4 Å². The number of thiazole rings is 1. The Labute approximate surface area is 128 Å². The fourth-order valence-electron chi connectivity index (χ4n) is 2.08. The summed E-state index contributed by atoms with van der Waals surface area (Å²) in [5, 5.41) is 5.39. The van der Waals surface area contributed by atoms with Crippen molar-refractivity contribution in [2.24, 2.45) is 11.7 Å². The van der Waals surface area contributed by atoms with E-state index in [2.05, 4.69) is 24.1 Å². The van der Waals surface area contributed by atoms with Crippen molar-refractivity contribution in [3.8, 4) is 10.8 Å². The fourth-order valence-corrected chi connectivity index (χ4v) is 2.84. The summed E-state index contributed by atoms with van der Waals surface area (Å²) >= 11 is 1.40. The highest BCUT2D eigenvalue weighted by Gasteiger charge is 2.17. The van der Waals surface area contributed by atoms with Crippen LogP contribution in [0.3, 0.4) is 0 Å². The lowest BCUT2D eigenvalue weighted by molar-refractivity contribution is 0.0929. The summed E-state index contributed by atoms with van der Waals surface area (Å²) in [6.45, 7) is 6.52.